The van der Waals surface area contributed by atoms with Crippen LogP contribution in [0.1, 0.15) is 17.5 Å². The highest BCUT2D eigenvalue weighted by Gasteiger charge is 2.23. The van der Waals surface area contributed by atoms with Gasteiger partial charge in [0.05, 0.1) is 18.7 Å². The van der Waals surface area contributed by atoms with E-state index in [0.717, 1.165) is 22.6 Å². The molecule has 1 aliphatic heterocycles. The molecule has 0 radical (unpaired) electrons. The lowest BCUT2D eigenvalue weighted by atomic mass is 10.1. The van der Waals surface area contributed by atoms with Crippen molar-refractivity contribution in [2.45, 2.75) is 20.3 Å². The van der Waals surface area contributed by atoms with Gasteiger partial charge in [-0.3, -0.25) is 4.79 Å². The van der Waals surface area contributed by atoms with E-state index in [0.29, 0.717) is 18.1 Å². The number of amides is 1. The van der Waals surface area contributed by atoms with Crippen LogP contribution in [0.4, 0.5) is 5.69 Å². The highest BCUT2D eigenvalue weighted by atomic mass is 35.5. The number of benzene rings is 1. The first-order chi connectivity index (χ1) is 7.52. The van der Waals surface area contributed by atoms with Gasteiger partial charge in [0.25, 0.3) is 0 Å². The first-order valence-electron chi connectivity index (χ1n) is 5.21. The van der Waals surface area contributed by atoms with Crippen LogP contribution in [0, 0.1) is 13.8 Å². The standard InChI is InChI=1S/C12H14ClNO2/c1-7-6-9-12(8(2)11(7)13)14(3)10(15)4-5-16-9/h6H,4-5H2,1-3H3. The van der Waals surface area contributed by atoms with Crippen molar-refractivity contribution in [3.63, 3.8) is 0 Å². The van der Waals surface area contributed by atoms with Gasteiger partial charge in [-0.1, -0.05) is 11.6 Å². The lowest BCUT2D eigenvalue weighted by Gasteiger charge is -2.20. The highest BCUT2D eigenvalue weighted by molar-refractivity contribution is 6.32. The molecule has 1 aliphatic rings. The van der Waals surface area contributed by atoms with Crippen LogP contribution in [0.5, 0.6) is 5.75 Å². The van der Waals surface area contributed by atoms with Crippen molar-refractivity contribution in [1.29, 1.82) is 0 Å². The first kappa shape index (κ1) is 11.3. The molecule has 0 fully saturated rings. The molecular weight excluding hydrogens is 226 g/mol. The summed E-state index contributed by atoms with van der Waals surface area (Å²) in [6.07, 6.45) is 0.404. The minimum Gasteiger partial charge on any atom is -0.491 e. The summed E-state index contributed by atoms with van der Waals surface area (Å²) in [6.45, 7) is 4.27. The summed E-state index contributed by atoms with van der Waals surface area (Å²) in [6, 6.07) is 1.89. The SMILES string of the molecule is Cc1cc2c(c(C)c1Cl)N(C)C(=O)CCO2. The lowest BCUT2D eigenvalue weighted by molar-refractivity contribution is -0.118. The van der Waals surface area contributed by atoms with E-state index in [2.05, 4.69) is 0 Å². The molecule has 0 bridgehead atoms. The Balaban J connectivity index is 2.66. The fourth-order valence-corrected chi connectivity index (χ4v) is 2.12. The van der Waals surface area contributed by atoms with E-state index < -0.39 is 0 Å². The van der Waals surface area contributed by atoms with Crippen LogP contribution in [-0.4, -0.2) is 19.6 Å². The number of hydrogen-bond acceptors (Lipinski definition) is 2. The molecule has 0 saturated heterocycles. The Morgan fingerprint density at radius 2 is 2.12 bits per heavy atom. The molecule has 4 heteroatoms. The van der Waals surface area contributed by atoms with Gasteiger partial charge in [-0.15, -0.1) is 0 Å². The van der Waals surface area contributed by atoms with Crippen molar-refractivity contribution in [3.05, 3.63) is 22.2 Å². The van der Waals surface area contributed by atoms with E-state index in [1.165, 1.54) is 0 Å². The summed E-state index contributed by atoms with van der Waals surface area (Å²) >= 11 is 6.19. The van der Waals surface area contributed by atoms with Crippen molar-refractivity contribution in [2.24, 2.45) is 0 Å². The largest absolute Gasteiger partial charge is 0.491 e. The molecule has 1 aromatic rings. The number of hydrogen-bond donors (Lipinski definition) is 0. The van der Waals surface area contributed by atoms with Gasteiger partial charge in [-0.2, -0.15) is 0 Å². The monoisotopic (exact) mass is 239 g/mol. The second-order valence-electron chi connectivity index (χ2n) is 4.03. The summed E-state index contributed by atoms with van der Waals surface area (Å²) in [4.78, 5) is 13.4. The molecule has 0 saturated carbocycles. The van der Waals surface area contributed by atoms with Crippen LogP contribution in [0.25, 0.3) is 0 Å². The zero-order chi connectivity index (χ0) is 11.9. The molecule has 3 nitrogen and oxygen atoms in total. The molecule has 16 heavy (non-hydrogen) atoms. The molecule has 0 unspecified atom stereocenters. The number of nitrogens with zero attached hydrogens (tertiary/aromatic N) is 1. The first-order valence-corrected chi connectivity index (χ1v) is 5.59. The van der Waals surface area contributed by atoms with E-state index >= 15 is 0 Å². The number of ether oxygens (including phenoxy) is 1. The zero-order valence-corrected chi connectivity index (χ0v) is 10.4. The van der Waals surface area contributed by atoms with Crippen molar-refractivity contribution in [1.82, 2.24) is 0 Å². The van der Waals surface area contributed by atoms with Crippen molar-refractivity contribution in [3.8, 4) is 5.75 Å². The summed E-state index contributed by atoms with van der Waals surface area (Å²) in [5.74, 6) is 0.800. The van der Waals surface area contributed by atoms with Gasteiger partial charge in [0.15, 0.2) is 0 Å². The van der Waals surface area contributed by atoms with Crippen molar-refractivity contribution < 1.29 is 9.53 Å². The van der Waals surface area contributed by atoms with Crippen LogP contribution in [0.15, 0.2) is 6.07 Å². The van der Waals surface area contributed by atoms with Gasteiger partial charge >= 0.3 is 0 Å². The molecule has 2 rings (SSSR count). The maximum absolute atomic E-state index is 11.7. The highest BCUT2D eigenvalue weighted by Crippen LogP contribution is 2.39. The molecule has 0 N–H and O–H groups in total. The summed E-state index contributed by atoms with van der Waals surface area (Å²) in [5, 5.41) is 0.698. The smallest absolute Gasteiger partial charge is 0.230 e. The topological polar surface area (TPSA) is 29.5 Å². The van der Waals surface area contributed by atoms with E-state index in [-0.39, 0.29) is 5.91 Å². The number of halogens is 1. The third-order valence-corrected chi connectivity index (χ3v) is 3.48. The fourth-order valence-electron chi connectivity index (χ4n) is 1.98. The minimum absolute atomic E-state index is 0.0572. The summed E-state index contributed by atoms with van der Waals surface area (Å²) in [5.41, 5.74) is 2.66. The number of aryl methyl sites for hydroxylation is 1. The van der Waals surface area contributed by atoms with Crippen LogP contribution < -0.4 is 9.64 Å². The molecule has 0 atom stereocenters. The average molecular weight is 240 g/mol. The predicted octanol–water partition coefficient (Wildman–Crippen LogP) is 2.70. The van der Waals surface area contributed by atoms with Crippen molar-refractivity contribution >= 4 is 23.2 Å². The predicted molar refractivity (Wildman–Crippen MR) is 64.4 cm³/mol. The van der Waals surface area contributed by atoms with E-state index in [4.69, 9.17) is 16.3 Å². The molecule has 0 aromatic heterocycles. The molecule has 1 heterocycles. The fraction of sp³-hybridized carbons (Fsp3) is 0.417. The summed E-state index contributed by atoms with van der Waals surface area (Å²) < 4.78 is 5.58. The maximum Gasteiger partial charge on any atom is 0.230 e. The third-order valence-electron chi connectivity index (χ3n) is 2.89. The Morgan fingerprint density at radius 1 is 1.44 bits per heavy atom. The molecular formula is C12H14ClNO2. The minimum atomic E-state index is 0.0572. The van der Waals surface area contributed by atoms with Gasteiger partial charge in [-0.25, -0.2) is 0 Å². The van der Waals surface area contributed by atoms with Crippen LogP contribution in [0.3, 0.4) is 0 Å². The number of rotatable bonds is 0. The van der Waals surface area contributed by atoms with Crippen LogP contribution >= 0.6 is 11.6 Å². The zero-order valence-electron chi connectivity index (χ0n) is 9.63. The summed E-state index contributed by atoms with van der Waals surface area (Å²) in [7, 11) is 1.76. The van der Waals surface area contributed by atoms with Gasteiger partial charge < -0.3 is 9.64 Å². The Bertz CT molecular complexity index is 457. The number of carbonyl (C=O) groups is 1. The molecule has 1 aromatic carbocycles. The lowest BCUT2D eigenvalue weighted by Crippen LogP contribution is -2.25. The van der Waals surface area contributed by atoms with Crippen molar-refractivity contribution in [2.75, 3.05) is 18.6 Å². The Hall–Kier alpha value is -1.22. The Morgan fingerprint density at radius 3 is 2.81 bits per heavy atom. The van der Waals surface area contributed by atoms with Gasteiger partial charge in [-0.05, 0) is 31.0 Å². The maximum atomic E-state index is 11.7. The van der Waals surface area contributed by atoms with E-state index in [1.807, 2.05) is 19.9 Å². The van der Waals surface area contributed by atoms with Gasteiger partial charge in [0, 0.05) is 12.1 Å². The molecule has 86 valence electrons. The van der Waals surface area contributed by atoms with E-state index in [9.17, 15) is 4.79 Å². The van der Waals surface area contributed by atoms with Gasteiger partial charge in [0.2, 0.25) is 5.91 Å². The number of anilines is 1. The average Bonchev–Trinajstić information content (AvgIpc) is 2.37. The molecule has 0 spiro atoms. The number of fused-ring (bicyclic) bond motifs is 1. The molecule has 0 aliphatic carbocycles. The second-order valence-corrected chi connectivity index (χ2v) is 4.41. The van der Waals surface area contributed by atoms with Gasteiger partial charge in [0.1, 0.15) is 5.75 Å². The quantitative estimate of drug-likeness (QED) is 0.697. The van der Waals surface area contributed by atoms with Crippen LogP contribution in [0.2, 0.25) is 5.02 Å². The number of carbonyl (C=O) groups excluding carboxylic acids is 1. The normalized spacial score (nSPS) is 15.5. The molecule has 1 amide bonds. The third kappa shape index (κ3) is 1.65. The second kappa shape index (κ2) is 3.98. The van der Waals surface area contributed by atoms with E-state index in [1.54, 1.807) is 11.9 Å². The Kier molecular flexibility index (Phi) is 2.80. The Labute approximate surface area is 100.0 Å². The van der Waals surface area contributed by atoms with Crippen LogP contribution in [-0.2, 0) is 4.79 Å².